The lowest BCUT2D eigenvalue weighted by Crippen LogP contribution is -2.67. The first-order chi connectivity index (χ1) is 31.2. The number of allylic oxidation sites excluding steroid dienone is 4. The number of fused-ring (bicyclic) bond motifs is 14. The van der Waals surface area contributed by atoms with Gasteiger partial charge in [-0.05, 0) is 233 Å². The largest absolute Gasteiger partial charge is 0.512 e. The molecule has 10 rings (SSSR count). The van der Waals surface area contributed by atoms with Crippen LogP contribution in [0.2, 0.25) is 0 Å². The maximum atomic E-state index is 13.0. The zero-order chi connectivity index (χ0) is 48.9. The van der Waals surface area contributed by atoms with Crippen molar-refractivity contribution in [3.8, 4) is 0 Å². The number of hydrogen-bond acceptors (Lipinski definition) is 5. The number of Topliss-reactive ketones (excluding diaryl/α,β-unsaturated/α-hetero) is 1. The predicted octanol–water partition coefficient (Wildman–Crippen LogP) is 14.4. The van der Waals surface area contributed by atoms with E-state index in [1.807, 2.05) is 6.92 Å². The molecule has 0 aliphatic heterocycles. The van der Waals surface area contributed by atoms with Crippen molar-refractivity contribution in [2.45, 2.75) is 204 Å². The van der Waals surface area contributed by atoms with E-state index >= 15 is 0 Å². The molecule has 21 atom stereocenters. The number of carbonyl (C=O) groups excluding carboxylic acids is 1. The summed E-state index contributed by atoms with van der Waals surface area (Å²) in [4.78, 5) is 13.0. The maximum absolute atomic E-state index is 13.0. The number of aliphatic hydroxyl groups excluding tert-OH is 4. The molecule has 0 aromatic carbocycles. The first kappa shape index (κ1) is 50.3. The summed E-state index contributed by atoms with van der Waals surface area (Å²) in [5, 5.41) is 42.7. The molecule has 0 saturated heterocycles. The van der Waals surface area contributed by atoms with Crippen LogP contribution in [0.4, 0.5) is 0 Å². The first-order valence-electron chi connectivity index (χ1n) is 28.0. The highest BCUT2D eigenvalue weighted by atomic mass is 16.3. The van der Waals surface area contributed by atoms with Gasteiger partial charge in [0.2, 0.25) is 0 Å². The molecule has 376 valence electrons. The highest BCUT2D eigenvalue weighted by Gasteiger charge is 2.73. The lowest BCUT2D eigenvalue weighted by molar-refractivity contribution is -0.251. The molecule has 0 amide bonds. The Kier molecular flexibility index (Phi) is 12.1. The quantitative estimate of drug-likeness (QED) is 0.157. The van der Waals surface area contributed by atoms with Crippen molar-refractivity contribution < 1.29 is 25.2 Å². The first-order valence-corrected chi connectivity index (χ1v) is 28.0. The summed E-state index contributed by atoms with van der Waals surface area (Å²) in [6.07, 6.45) is 24.8. The molecule has 0 heterocycles. The molecule has 0 aromatic rings. The second kappa shape index (κ2) is 16.2. The van der Waals surface area contributed by atoms with Gasteiger partial charge in [-0.2, -0.15) is 0 Å². The Morgan fingerprint density at radius 2 is 1.09 bits per heavy atom. The van der Waals surface area contributed by atoms with E-state index in [4.69, 9.17) is 0 Å². The highest BCUT2D eigenvalue weighted by molar-refractivity contribution is 5.86. The Balaban J connectivity index is 0.000000168. The molecule has 10 aliphatic rings. The van der Waals surface area contributed by atoms with E-state index in [0.29, 0.717) is 75.8 Å². The smallest absolute Gasteiger partial charge is 0.141 e. The minimum atomic E-state index is -0.584. The normalized spacial score (nSPS) is 56.1. The van der Waals surface area contributed by atoms with Gasteiger partial charge in [0.1, 0.15) is 5.78 Å². The SMILES string of the molecule is C=C(C)[C@@H]1CC[C@]2(C(=C)O)CC[C@]3(C)C(CC[C@@H]4[C@@]5(C)CCC(=O)[C@@](C)(CO)[C@@H]5CC[C@]43C)[C@@H]12.C=C[C@]12CC[C@@H](C(=C)C)[C@@H]1C1CC[C@@H]3[C@@]4(C)CC[C@H](O)[C@@](C)(CO)[C@@H]4CC[C@@]3(C)[C@]1(C)CC2. The predicted molar refractivity (Wildman–Crippen MR) is 274 cm³/mol. The van der Waals surface area contributed by atoms with Gasteiger partial charge in [-0.15, -0.1) is 6.58 Å². The molecule has 0 bridgehead atoms. The lowest BCUT2D eigenvalue weighted by atomic mass is 9.32. The molecule has 5 nitrogen and oxygen atoms in total. The van der Waals surface area contributed by atoms with Crippen molar-refractivity contribution in [3.05, 3.63) is 49.3 Å². The standard InChI is InChI=1S/C31H48O3.C31H50O2/c1-19(2)21-10-15-31(20(3)33)17-16-29(6)22(26(21)31)8-9-24-27(4)13-12-25(34)28(5,18-32)23(27)11-14-30(24,29)7;1-8-31-16-11-21(20(2)3)26(31)22-9-10-24-27(4)14-13-25(33)28(5,19-32)23(27)12-15-30(24,7)29(22,6)17-18-31/h21-24,26,32-33H,1,3,8-18H2,2,4-7H3;8,21-26,32-33H,1-2,9-19H2,3-7H3/t21-,22?,23+,24+,26+,27-,28-,29+,30+,31+;21-,22?,23+,24+,25-,26+,27-,28-,29+,30+,31+/m00/s1. The Hall–Kier alpha value is -1.69. The summed E-state index contributed by atoms with van der Waals surface area (Å²) >= 11 is 0. The van der Waals surface area contributed by atoms with Crippen molar-refractivity contribution in [1.29, 1.82) is 0 Å². The van der Waals surface area contributed by atoms with E-state index in [9.17, 15) is 25.2 Å². The van der Waals surface area contributed by atoms with Crippen LogP contribution < -0.4 is 0 Å². The van der Waals surface area contributed by atoms with Gasteiger partial charge in [-0.1, -0.05) is 92.3 Å². The van der Waals surface area contributed by atoms with Gasteiger partial charge in [0.05, 0.1) is 30.5 Å². The van der Waals surface area contributed by atoms with E-state index < -0.39 is 5.41 Å². The van der Waals surface area contributed by atoms with Crippen LogP contribution in [0.1, 0.15) is 198 Å². The van der Waals surface area contributed by atoms with Crippen molar-refractivity contribution in [1.82, 2.24) is 0 Å². The van der Waals surface area contributed by atoms with Crippen LogP contribution in [0.5, 0.6) is 0 Å². The van der Waals surface area contributed by atoms with Crippen LogP contribution >= 0.6 is 0 Å². The number of ketones is 1. The second-order valence-corrected chi connectivity index (χ2v) is 28.6. The summed E-state index contributed by atoms with van der Waals surface area (Å²) in [5.41, 5.74) is 3.35. The highest BCUT2D eigenvalue weighted by Crippen LogP contribution is 2.80. The van der Waals surface area contributed by atoms with Crippen LogP contribution in [0.15, 0.2) is 49.3 Å². The van der Waals surface area contributed by atoms with Crippen LogP contribution in [-0.2, 0) is 4.79 Å². The number of carbonyl (C=O) groups is 1. The van der Waals surface area contributed by atoms with E-state index in [-0.39, 0.29) is 63.5 Å². The molecule has 2 unspecified atom stereocenters. The van der Waals surface area contributed by atoms with Gasteiger partial charge in [0, 0.05) is 17.3 Å². The van der Waals surface area contributed by atoms with Crippen LogP contribution in [-0.4, -0.2) is 45.5 Å². The molecule has 0 aromatic heterocycles. The van der Waals surface area contributed by atoms with E-state index in [1.54, 1.807) is 0 Å². The number of rotatable bonds is 6. The zero-order valence-electron chi connectivity index (χ0n) is 44.5. The third-order valence-corrected chi connectivity index (χ3v) is 27.2. The Labute approximate surface area is 409 Å². The van der Waals surface area contributed by atoms with Crippen molar-refractivity contribution in [2.24, 2.45) is 113 Å². The molecule has 5 heteroatoms. The summed E-state index contributed by atoms with van der Waals surface area (Å²) in [6.45, 7) is 41.7. The minimum absolute atomic E-state index is 0.0150. The van der Waals surface area contributed by atoms with Crippen LogP contribution in [0.25, 0.3) is 0 Å². The molecule has 10 aliphatic carbocycles. The molecule has 67 heavy (non-hydrogen) atoms. The van der Waals surface area contributed by atoms with Gasteiger partial charge in [0.25, 0.3) is 0 Å². The minimum Gasteiger partial charge on any atom is -0.512 e. The number of aliphatic hydroxyl groups is 4. The molecule has 10 fully saturated rings. The average Bonchev–Trinajstić information content (AvgIpc) is 3.89. The summed E-state index contributed by atoms with van der Waals surface area (Å²) in [7, 11) is 0. The molecule has 0 radical (unpaired) electrons. The summed E-state index contributed by atoms with van der Waals surface area (Å²) in [5.74, 6) is 6.28. The fourth-order valence-corrected chi connectivity index (χ4v) is 23.0. The third kappa shape index (κ3) is 6.29. The van der Waals surface area contributed by atoms with Crippen LogP contribution in [0, 0.1) is 113 Å². The van der Waals surface area contributed by atoms with E-state index in [1.165, 1.54) is 68.9 Å². The number of hydrogen-bond donors (Lipinski definition) is 4. The second-order valence-electron chi connectivity index (χ2n) is 28.6. The van der Waals surface area contributed by atoms with Gasteiger partial charge < -0.3 is 20.4 Å². The zero-order valence-corrected chi connectivity index (χ0v) is 44.5. The van der Waals surface area contributed by atoms with Crippen molar-refractivity contribution >= 4 is 5.78 Å². The summed E-state index contributed by atoms with van der Waals surface area (Å²) in [6, 6.07) is 0. The molecular weight excluding hydrogens is 825 g/mol. The topological polar surface area (TPSA) is 98.0 Å². The third-order valence-electron chi connectivity index (χ3n) is 27.2. The van der Waals surface area contributed by atoms with Gasteiger partial charge in [-0.25, -0.2) is 0 Å². The average molecular weight is 923 g/mol. The van der Waals surface area contributed by atoms with Gasteiger partial charge in [0.15, 0.2) is 0 Å². The van der Waals surface area contributed by atoms with Crippen LogP contribution in [0.3, 0.4) is 0 Å². The molecule has 10 saturated carbocycles. The fraction of sp³-hybridized carbons (Fsp3) is 0.855. The van der Waals surface area contributed by atoms with Crippen molar-refractivity contribution in [2.75, 3.05) is 13.2 Å². The monoisotopic (exact) mass is 923 g/mol. The molecular formula is C62H98O5. The van der Waals surface area contributed by atoms with E-state index in [2.05, 4.69) is 94.7 Å². The fourth-order valence-electron chi connectivity index (χ4n) is 23.0. The van der Waals surface area contributed by atoms with Gasteiger partial charge >= 0.3 is 0 Å². The Morgan fingerprint density at radius 1 is 0.567 bits per heavy atom. The van der Waals surface area contributed by atoms with E-state index in [0.717, 1.165) is 70.1 Å². The van der Waals surface area contributed by atoms with Crippen molar-refractivity contribution in [3.63, 3.8) is 0 Å². The lowest BCUT2D eigenvalue weighted by Gasteiger charge is -2.73. The molecule has 0 spiro atoms. The molecule has 4 N–H and O–H groups in total. The Morgan fingerprint density at radius 3 is 1.63 bits per heavy atom. The maximum Gasteiger partial charge on any atom is 0.141 e. The summed E-state index contributed by atoms with van der Waals surface area (Å²) < 4.78 is 0. The Bertz CT molecular complexity index is 2040. The van der Waals surface area contributed by atoms with Gasteiger partial charge in [-0.3, -0.25) is 4.79 Å².